The number of hydrogen-bond acceptors (Lipinski definition) is 1. The smallest absolute Gasteiger partial charge is 0.0648 e. The summed E-state index contributed by atoms with van der Waals surface area (Å²) in [6.07, 6.45) is 5.66. The lowest BCUT2D eigenvalue weighted by atomic mass is 9.89. The van der Waals surface area contributed by atoms with Crippen LogP contribution < -0.4 is 0 Å². The second-order valence-corrected chi connectivity index (χ2v) is 4.71. The Kier molecular flexibility index (Phi) is 2.28. The van der Waals surface area contributed by atoms with Gasteiger partial charge in [-0.05, 0) is 42.9 Å². The van der Waals surface area contributed by atoms with Crippen molar-refractivity contribution in [3.05, 3.63) is 47.8 Å². The molecule has 0 bridgehead atoms. The van der Waals surface area contributed by atoms with Crippen LogP contribution in [0.15, 0.2) is 36.5 Å². The number of hydrogen-bond donors (Lipinski definition) is 0. The Morgan fingerprint density at radius 2 is 2.06 bits per heavy atom. The zero-order valence-corrected chi connectivity index (χ0v) is 9.56. The third kappa shape index (κ3) is 1.54. The summed E-state index contributed by atoms with van der Waals surface area (Å²) in [5, 5.41) is 4.52. The lowest BCUT2D eigenvalue weighted by Gasteiger charge is -2.19. The Bertz CT molecular complexity index is 485. The van der Waals surface area contributed by atoms with Gasteiger partial charge < -0.3 is 0 Å². The maximum Gasteiger partial charge on any atom is 0.0648 e. The fraction of sp³-hybridized carbons (Fsp3) is 0.357. The lowest BCUT2D eigenvalue weighted by molar-refractivity contribution is 0.492. The van der Waals surface area contributed by atoms with Crippen LogP contribution in [0.2, 0.25) is 0 Å². The van der Waals surface area contributed by atoms with E-state index in [-0.39, 0.29) is 0 Å². The summed E-state index contributed by atoms with van der Waals surface area (Å²) in [7, 11) is 0. The van der Waals surface area contributed by atoms with E-state index in [0.717, 1.165) is 12.3 Å². The van der Waals surface area contributed by atoms with E-state index in [4.69, 9.17) is 0 Å². The summed E-state index contributed by atoms with van der Waals surface area (Å²) in [5.74, 6) is 0.806. The quantitative estimate of drug-likeness (QED) is 0.710. The molecule has 82 valence electrons. The van der Waals surface area contributed by atoms with E-state index >= 15 is 0 Å². The van der Waals surface area contributed by atoms with Gasteiger partial charge in [0.05, 0.1) is 11.9 Å². The van der Waals surface area contributed by atoms with Crippen LogP contribution >= 0.6 is 0 Å². The molecule has 1 unspecified atom stereocenters. The van der Waals surface area contributed by atoms with Crippen molar-refractivity contribution in [1.29, 1.82) is 0 Å². The molecule has 0 spiro atoms. The second kappa shape index (κ2) is 3.78. The van der Waals surface area contributed by atoms with E-state index in [1.807, 2.05) is 12.3 Å². The predicted octanol–water partition coefficient (Wildman–Crippen LogP) is 3.00. The van der Waals surface area contributed by atoms with Crippen molar-refractivity contribution in [2.24, 2.45) is 5.92 Å². The van der Waals surface area contributed by atoms with Crippen LogP contribution in [0.3, 0.4) is 0 Å². The normalized spacial score (nSPS) is 19.4. The van der Waals surface area contributed by atoms with Gasteiger partial charge in [0.1, 0.15) is 0 Å². The van der Waals surface area contributed by atoms with Crippen LogP contribution in [0.25, 0.3) is 5.69 Å². The van der Waals surface area contributed by atoms with Gasteiger partial charge >= 0.3 is 0 Å². The summed E-state index contributed by atoms with van der Waals surface area (Å²) < 4.78 is 2.10. The first-order valence-electron chi connectivity index (χ1n) is 5.96. The van der Waals surface area contributed by atoms with Gasteiger partial charge in [-0.2, -0.15) is 5.10 Å². The first-order valence-corrected chi connectivity index (χ1v) is 5.96. The van der Waals surface area contributed by atoms with Gasteiger partial charge in [-0.25, -0.2) is 4.68 Å². The number of para-hydroxylation sites is 1. The lowest BCUT2D eigenvalue weighted by Crippen LogP contribution is -2.13. The van der Waals surface area contributed by atoms with Gasteiger partial charge in [0, 0.05) is 5.69 Å². The predicted molar refractivity (Wildman–Crippen MR) is 64.8 cm³/mol. The first-order chi connectivity index (χ1) is 7.84. The largest absolute Gasteiger partial charge is 0.238 e. The van der Waals surface area contributed by atoms with Crippen molar-refractivity contribution in [2.45, 2.75) is 26.2 Å². The minimum Gasteiger partial charge on any atom is -0.238 e. The molecule has 2 heteroatoms. The Labute approximate surface area is 95.9 Å². The Morgan fingerprint density at radius 1 is 1.25 bits per heavy atom. The van der Waals surface area contributed by atoms with Gasteiger partial charge in [0.25, 0.3) is 0 Å². The zero-order valence-electron chi connectivity index (χ0n) is 9.56. The van der Waals surface area contributed by atoms with E-state index in [0.29, 0.717) is 0 Å². The van der Waals surface area contributed by atoms with Crippen LogP contribution in [-0.2, 0) is 12.8 Å². The highest BCUT2D eigenvalue weighted by atomic mass is 15.3. The molecule has 0 aliphatic heterocycles. The summed E-state index contributed by atoms with van der Waals surface area (Å²) >= 11 is 0. The third-order valence-corrected chi connectivity index (χ3v) is 3.40. The average Bonchev–Trinajstić information content (AvgIpc) is 2.73. The Hall–Kier alpha value is -1.57. The maximum absolute atomic E-state index is 4.52. The zero-order chi connectivity index (χ0) is 11.0. The molecule has 0 saturated heterocycles. The molecule has 1 aromatic carbocycles. The van der Waals surface area contributed by atoms with Crippen LogP contribution in [-0.4, -0.2) is 9.78 Å². The van der Waals surface area contributed by atoms with Gasteiger partial charge in [-0.1, -0.05) is 25.1 Å². The maximum atomic E-state index is 4.52. The molecule has 1 aliphatic carbocycles. The Balaban J connectivity index is 2.04. The summed E-state index contributed by atoms with van der Waals surface area (Å²) in [4.78, 5) is 0. The monoisotopic (exact) mass is 212 g/mol. The second-order valence-electron chi connectivity index (χ2n) is 4.71. The van der Waals surface area contributed by atoms with E-state index in [2.05, 4.69) is 41.0 Å². The first kappa shape index (κ1) is 9.64. The van der Waals surface area contributed by atoms with E-state index in [9.17, 15) is 0 Å². The molecule has 1 aromatic heterocycles. The number of fused-ring (bicyclic) bond motifs is 1. The molecule has 16 heavy (non-hydrogen) atoms. The van der Waals surface area contributed by atoms with Gasteiger partial charge in [0.2, 0.25) is 0 Å². The molecule has 0 N–H and O–H groups in total. The molecule has 0 amide bonds. The SMILES string of the molecule is CC1CCc2c(cnn2-c2ccccc2)C1. The highest BCUT2D eigenvalue weighted by molar-refractivity contribution is 5.35. The molecule has 0 saturated carbocycles. The minimum atomic E-state index is 0.806. The molecular formula is C14H16N2. The summed E-state index contributed by atoms with van der Waals surface area (Å²) in [6, 6.07) is 10.4. The van der Waals surface area contributed by atoms with Crippen molar-refractivity contribution in [2.75, 3.05) is 0 Å². The molecular weight excluding hydrogens is 196 g/mol. The van der Waals surface area contributed by atoms with Gasteiger partial charge in [-0.3, -0.25) is 0 Å². The topological polar surface area (TPSA) is 17.8 Å². The van der Waals surface area contributed by atoms with Crippen LogP contribution in [0.5, 0.6) is 0 Å². The van der Waals surface area contributed by atoms with Crippen molar-refractivity contribution < 1.29 is 0 Å². The van der Waals surface area contributed by atoms with Gasteiger partial charge in [0.15, 0.2) is 0 Å². The molecule has 0 radical (unpaired) electrons. The van der Waals surface area contributed by atoms with Crippen molar-refractivity contribution in [3.63, 3.8) is 0 Å². The summed E-state index contributed by atoms with van der Waals surface area (Å²) in [5.41, 5.74) is 4.02. The summed E-state index contributed by atoms with van der Waals surface area (Å²) in [6.45, 7) is 2.32. The van der Waals surface area contributed by atoms with Crippen LogP contribution in [0.1, 0.15) is 24.6 Å². The van der Waals surface area contributed by atoms with Crippen molar-refractivity contribution >= 4 is 0 Å². The van der Waals surface area contributed by atoms with E-state index in [1.54, 1.807) is 0 Å². The minimum absolute atomic E-state index is 0.806. The number of rotatable bonds is 1. The molecule has 2 nitrogen and oxygen atoms in total. The fourth-order valence-corrected chi connectivity index (χ4v) is 2.50. The number of aromatic nitrogens is 2. The van der Waals surface area contributed by atoms with Gasteiger partial charge in [-0.15, -0.1) is 0 Å². The van der Waals surface area contributed by atoms with Crippen LogP contribution in [0, 0.1) is 5.92 Å². The molecule has 1 heterocycles. The highest BCUT2D eigenvalue weighted by Crippen LogP contribution is 2.26. The molecule has 1 atom stereocenters. The van der Waals surface area contributed by atoms with Crippen molar-refractivity contribution in [1.82, 2.24) is 9.78 Å². The average molecular weight is 212 g/mol. The fourth-order valence-electron chi connectivity index (χ4n) is 2.50. The molecule has 1 aliphatic rings. The Morgan fingerprint density at radius 3 is 2.88 bits per heavy atom. The third-order valence-electron chi connectivity index (χ3n) is 3.40. The van der Waals surface area contributed by atoms with E-state index < -0.39 is 0 Å². The van der Waals surface area contributed by atoms with Crippen LogP contribution in [0.4, 0.5) is 0 Å². The molecule has 2 aromatic rings. The highest BCUT2D eigenvalue weighted by Gasteiger charge is 2.19. The number of nitrogens with zero attached hydrogens (tertiary/aromatic N) is 2. The molecule has 3 rings (SSSR count). The van der Waals surface area contributed by atoms with E-state index in [1.165, 1.54) is 29.8 Å². The number of benzene rings is 1. The standard InChI is InChI=1S/C14H16N2/c1-11-7-8-14-12(9-11)10-15-16(14)13-5-3-2-4-6-13/h2-6,10-11H,7-9H2,1H3. The van der Waals surface area contributed by atoms with Crippen molar-refractivity contribution in [3.8, 4) is 5.69 Å². The molecule has 0 fully saturated rings.